The fourth-order valence-corrected chi connectivity index (χ4v) is 6.00. The van der Waals surface area contributed by atoms with E-state index in [0.29, 0.717) is 16.4 Å². The topological polar surface area (TPSA) is 111 Å². The first-order valence-corrected chi connectivity index (χ1v) is 13.2. The molecule has 3 aromatic carbocycles. The predicted molar refractivity (Wildman–Crippen MR) is 137 cm³/mol. The first-order chi connectivity index (χ1) is 17.3. The molecule has 9 nitrogen and oxygen atoms in total. The second kappa shape index (κ2) is 9.59. The average Bonchev–Trinajstić information content (AvgIpc) is 3.36. The van der Waals surface area contributed by atoms with E-state index in [1.807, 2.05) is 31.2 Å². The number of anilines is 2. The molecule has 2 heterocycles. The van der Waals surface area contributed by atoms with Crippen LogP contribution in [0.2, 0.25) is 0 Å². The summed E-state index contributed by atoms with van der Waals surface area (Å²) in [6.07, 6.45) is -1.09. The Labute approximate surface area is 212 Å². The molecule has 1 aliphatic rings. The van der Waals surface area contributed by atoms with E-state index in [1.165, 1.54) is 27.8 Å². The highest BCUT2D eigenvalue weighted by atomic mass is 32.2. The van der Waals surface area contributed by atoms with Crippen LogP contribution in [-0.2, 0) is 14.8 Å². The van der Waals surface area contributed by atoms with Crippen molar-refractivity contribution in [2.24, 2.45) is 0 Å². The molecule has 1 aromatic heterocycles. The predicted octanol–water partition coefficient (Wildman–Crippen LogP) is 4.12. The van der Waals surface area contributed by atoms with Crippen LogP contribution in [-0.4, -0.2) is 44.3 Å². The van der Waals surface area contributed by atoms with Gasteiger partial charge in [-0.2, -0.15) is 0 Å². The Morgan fingerprint density at radius 1 is 1.08 bits per heavy atom. The molecular formula is C25H22N4O5S2. The van der Waals surface area contributed by atoms with Crippen LogP contribution >= 0.6 is 11.3 Å². The van der Waals surface area contributed by atoms with Gasteiger partial charge in [0.1, 0.15) is 16.5 Å². The Morgan fingerprint density at radius 2 is 1.83 bits per heavy atom. The molecule has 0 spiro atoms. The van der Waals surface area contributed by atoms with Gasteiger partial charge in [0.2, 0.25) is 5.13 Å². The minimum absolute atomic E-state index is 0.130. The van der Waals surface area contributed by atoms with Gasteiger partial charge in [-0.05, 0) is 61.0 Å². The van der Waals surface area contributed by atoms with Gasteiger partial charge in [-0.3, -0.25) is 14.4 Å². The Kier molecular flexibility index (Phi) is 6.33. The Hall–Kier alpha value is -3.96. The van der Waals surface area contributed by atoms with Crippen molar-refractivity contribution in [3.8, 4) is 22.1 Å². The zero-order valence-corrected chi connectivity index (χ0v) is 21.0. The number of aromatic nitrogens is 2. The SMILES string of the molecule is COc1ccc(-c2nnc(NC(=O)[C@@H]3CN(S(=O)(=O)c4ccccc4)c4ccc(C)cc4O3)s2)cc1. The average molecular weight is 523 g/mol. The van der Waals surface area contributed by atoms with Crippen LogP contribution in [0, 0.1) is 6.92 Å². The number of carbonyl (C=O) groups is 1. The van der Waals surface area contributed by atoms with Gasteiger partial charge in [0.25, 0.3) is 15.9 Å². The molecule has 1 amide bonds. The van der Waals surface area contributed by atoms with Crippen LogP contribution in [0.5, 0.6) is 11.5 Å². The van der Waals surface area contributed by atoms with Gasteiger partial charge in [-0.15, -0.1) is 10.2 Å². The summed E-state index contributed by atoms with van der Waals surface area (Å²) < 4.78 is 39.3. The third-order valence-electron chi connectivity index (χ3n) is 5.60. The van der Waals surface area contributed by atoms with E-state index in [1.54, 1.807) is 43.5 Å². The number of methoxy groups -OCH3 is 1. The van der Waals surface area contributed by atoms with E-state index >= 15 is 0 Å². The van der Waals surface area contributed by atoms with Crippen molar-refractivity contribution in [2.45, 2.75) is 17.9 Å². The van der Waals surface area contributed by atoms with Gasteiger partial charge in [0.05, 0.1) is 24.2 Å². The van der Waals surface area contributed by atoms with Crippen LogP contribution in [0.15, 0.2) is 77.7 Å². The molecule has 4 aromatic rings. The number of fused-ring (bicyclic) bond motifs is 1. The lowest BCUT2D eigenvalue weighted by Gasteiger charge is -2.34. The number of amides is 1. The summed E-state index contributed by atoms with van der Waals surface area (Å²) >= 11 is 1.20. The molecule has 0 fully saturated rings. The number of sulfonamides is 1. The Balaban J connectivity index is 1.40. The zero-order chi connectivity index (χ0) is 25.3. The van der Waals surface area contributed by atoms with Crippen molar-refractivity contribution in [3.63, 3.8) is 0 Å². The number of carbonyl (C=O) groups excluding carboxylic acids is 1. The zero-order valence-electron chi connectivity index (χ0n) is 19.4. The Morgan fingerprint density at radius 3 is 2.56 bits per heavy atom. The van der Waals surface area contributed by atoms with Crippen molar-refractivity contribution in [1.82, 2.24) is 10.2 Å². The van der Waals surface area contributed by atoms with Crippen molar-refractivity contribution >= 4 is 38.1 Å². The fraction of sp³-hybridized carbons (Fsp3) is 0.160. The minimum Gasteiger partial charge on any atom is -0.497 e. The largest absolute Gasteiger partial charge is 0.497 e. The summed E-state index contributed by atoms with van der Waals surface area (Å²) in [5, 5.41) is 11.8. The number of aryl methyl sites for hydroxylation is 1. The fourth-order valence-electron chi connectivity index (χ4n) is 3.75. The molecule has 0 unspecified atom stereocenters. The van der Waals surface area contributed by atoms with Gasteiger partial charge in [-0.25, -0.2) is 8.42 Å². The highest BCUT2D eigenvalue weighted by Gasteiger charge is 2.38. The van der Waals surface area contributed by atoms with Crippen LogP contribution in [0.25, 0.3) is 10.6 Å². The van der Waals surface area contributed by atoms with Gasteiger partial charge in [0.15, 0.2) is 6.10 Å². The molecule has 0 radical (unpaired) electrons. The van der Waals surface area contributed by atoms with Crippen molar-refractivity contribution in [3.05, 3.63) is 78.4 Å². The lowest BCUT2D eigenvalue weighted by atomic mass is 10.1. The lowest BCUT2D eigenvalue weighted by Crippen LogP contribution is -2.48. The highest BCUT2D eigenvalue weighted by molar-refractivity contribution is 7.92. The summed E-state index contributed by atoms with van der Waals surface area (Å²) in [4.78, 5) is 13.3. The number of hydrogen-bond donors (Lipinski definition) is 1. The number of ether oxygens (including phenoxy) is 2. The van der Waals surface area contributed by atoms with Crippen LogP contribution in [0.4, 0.5) is 10.8 Å². The summed E-state index contributed by atoms with van der Waals surface area (Å²) in [6, 6.07) is 20.6. The maximum absolute atomic E-state index is 13.5. The summed E-state index contributed by atoms with van der Waals surface area (Å²) in [6.45, 7) is 1.68. The van der Waals surface area contributed by atoms with Gasteiger partial charge in [-0.1, -0.05) is 35.6 Å². The van der Waals surface area contributed by atoms with E-state index in [2.05, 4.69) is 15.5 Å². The Bertz CT molecular complexity index is 1510. The van der Waals surface area contributed by atoms with Crippen molar-refractivity contribution in [1.29, 1.82) is 0 Å². The highest BCUT2D eigenvalue weighted by Crippen LogP contribution is 2.38. The number of nitrogens with zero attached hydrogens (tertiary/aromatic N) is 3. The van der Waals surface area contributed by atoms with Crippen LogP contribution in [0.1, 0.15) is 5.56 Å². The molecule has 11 heteroatoms. The lowest BCUT2D eigenvalue weighted by molar-refractivity contribution is -0.122. The number of hydrogen-bond acceptors (Lipinski definition) is 8. The standard InChI is InChI=1S/C25H22N4O5S2/c1-16-8-13-20-21(14-16)34-22(15-29(20)36(31,32)19-6-4-3-5-7-19)23(30)26-25-28-27-24(35-25)17-9-11-18(33-2)12-10-17/h3-14,22H,15H2,1-2H3,(H,26,28,30)/t22-/m0/s1. The minimum atomic E-state index is -3.93. The third kappa shape index (κ3) is 4.62. The first-order valence-electron chi connectivity index (χ1n) is 11.0. The number of rotatable bonds is 6. The molecule has 5 rings (SSSR count). The maximum atomic E-state index is 13.5. The molecule has 1 N–H and O–H groups in total. The first kappa shape index (κ1) is 23.8. The number of benzene rings is 3. The molecule has 0 bridgehead atoms. The molecule has 184 valence electrons. The molecule has 0 saturated heterocycles. The van der Waals surface area contributed by atoms with Crippen molar-refractivity contribution in [2.75, 3.05) is 23.3 Å². The molecule has 1 atom stereocenters. The molecule has 36 heavy (non-hydrogen) atoms. The van der Waals surface area contributed by atoms with E-state index in [9.17, 15) is 13.2 Å². The molecule has 1 aliphatic heterocycles. The monoisotopic (exact) mass is 522 g/mol. The normalized spacial score (nSPS) is 15.1. The van der Waals surface area contributed by atoms with E-state index in [4.69, 9.17) is 9.47 Å². The molecule has 0 aliphatic carbocycles. The second-order valence-electron chi connectivity index (χ2n) is 8.06. The number of nitrogens with one attached hydrogen (secondary N) is 1. The van der Waals surface area contributed by atoms with Crippen LogP contribution in [0.3, 0.4) is 0 Å². The second-order valence-corrected chi connectivity index (χ2v) is 10.9. The van der Waals surface area contributed by atoms with Crippen molar-refractivity contribution < 1.29 is 22.7 Å². The van der Waals surface area contributed by atoms with E-state index in [0.717, 1.165) is 16.9 Å². The summed E-state index contributed by atoms with van der Waals surface area (Å²) in [7, 11) is -2.34. The smallest absolute Gasteiger partial charge is 0.269 e. The molecular weight excluding hydrogens is 500 g/mol. The summed E-state index contributed by atoms with van der Waals surface area (Å²) in [5.41, 5.74) is 2.08. The van der Waals surface area contributed by atoms with Gasteiger partial charge >= 0.3 is 0 Å². The maximum Gasteiger partial charge on any atom is 0.269 e. The van der Waals surface area contributed by atoms with Gasteiger partial charge < -0.3 is 9.47 Å². The van der Waals surface area contributed by atoms with E-state index < -0.39 is 22.0 Å². The van der Waals surface area contributed by atoms with Crippen LogP contribution < -0.4 is 19.1 Å². The van der Waals surface area contributed by atoms with E-state index in [-0.39, 0.29) is 16.6 Å². The third-order valence-corrected chi connectivity index (χ3v) is 8.28. The summed E-state index contributed by atoms with van der Waals surface area (Å²) in [5.74, 6) is 0.515. The molecule has 0 saturated carbocycles. The quantitative estimate of drug-likeness (QED) is 0.406. The van der Waals surface area contributed by atoms with Gasteiger partial charge in [0, 0.05) is 5.56 Å².